The molecule has 0 bridgehead atoms. The Morgan fingerprint density at radius 2 is 2.00 bits per heavy atom. The van der Waals surface area contributed by atoms with E-state index in [1.165, 1.54) is 6.92 Å². The van der Waals surface area contributed by atoms with E-state index in [4.69, 9.17) is 0 Å². The van der Waals surface area contributed by atoms with Crippen LogP contribution >= 0.6 is 0 Å². The molecule has 0 saturated heterocycles. The van der Waals surface area contributed by atoms with Crippen molar-refractivity contribution in [3.8, 4) is 0 Å². The van der Waals surface area contributed by atoms with Crippen LogP contribution < -0.4 is 0 Å². The molecule has 0 unspecified atom stereocenters. The average molecular weight is 202 g/mol. The van der Waals surface area contributed by atoms with E-state index in [0.717, 1.165) is 0 Å². The van der Waals surface area contributed by atoms with Crippen LogP contribution in [0.3, 0.4) is 0 Å². The third kappa shape index (κ3) is 8.26. The van der Waals surface area contributed by atoms with Gasteiger partial charge < -0.3 is 4.74 Å². The molecule has 6 heteroatoms. The van der Waals surface area contributed by atoms with Gasteiger partial charge >= 0.3 is 35.5 Å². The van der Waals surface area contributed by atoms with Gasteiger partial charge in [0.2, 0.25) is 0 Å². The summed E-state index contributed by atoms with van der Waals surface area (Å²) in [4.78, 5) is 10.6. The SMILES string of the molecule is C=C(C)C(=O)OCC[SH](=O)=O.[NaH]. The van der Waals surface area contributed by atoms with Crippen LogP contribution in [0, 0.1) is 0 Å². The molecule has 0 fully saturated rings. The van der Waals surface area contributed by atoms with Gasteiger partial charge in [-0.2, -0.15) is 0 Å². The molecule has 0 aliphatic rings. The normalized spacial score (nSPS) is 8.83. The number of ether oxygens (including phenoxy) is 1. The number of thiol groups is 1. The van der Waals surface area contributed by atoms with Gasteiger partial charge in [-0.3, -0.25) is 0 Å². The van der Waals surface area contributed by atoms with E-state index in [-0.39, 0.29) is 47.5 Å². The van der Waals surface area contributed by atoms with Crippen molar-refractivity contribution in [1.82, 2.24) is 0 Å². The van der Waals surface area contributed by atoms with Gasteiger partial charge in [-0.1, -0.05) is 6.58 Å². The summed E-state index contributed by atoms with van der Waals surface area (Å²) in [6.45, 7) is 4.73. The van der Waals surface area contributed by atoms with E-state index in [1.807, 2.05) is 0 Å². The first-order chi connectivity index (χ1) is 5.04. The predicted octanol–water partition coefficient (Wildman–Crippen LogP) is -0.931. The van der Waals surface area contributed by atoms with Crippen LogP contribution in [0.1, 0.15) is 6.92 Å². The zero-order chi connectivity index (χ0) is 8.85. The van der Waals surface area contributed by atoms with Gasteiger partial charge in [0, 0.05) is 5.57 Å². The van der Waals surface area contributed by atoms with Gasteiger partial charge in [-0.15, -0.1) is 0 Å². The second kappa shape index (κ2) is 7.79. The Morgan fingerprint density at radius 3 is 2.33 bits per heavy atom. The molecule has 0 saturated carbocycles. The summed E-state index contributed by atoms with van der Waals surface area (Å²) in [5.74, 6) is -0.684. The van der Waals surface area contributed by atoms with Crippen molar-refractivity contribution in [1.29, 1.82) is 0 Å². The third-order valence-corrected chi connectivity index (χ3v) is 1.40. The quantitative estimate of drug-likeness (QED) is 0.277. The molecule has 0 aliphatic carbocycles. The molecule has 0 aromatic carbocycles. The monoisotopic (exact) mass is 202 g/mol. The van der Waals surface area contributed by atoms with Crippen molar-refractivity contribution < 1.29 is 17.9 Å². The van der Waals surface area contributed by atoms with Crippen molar-refractivity contribution in [2.24, 2.45) is 0 Å². The molecule has 0 rings (SSSR count). The maximum absolute atomic E-state index is 10.6. The Bertz CT molecular complexity index is 226. The molecule has 4 nitrogen and oxygen atoms in total. The van der Waals surface area contributed by atoms with Crippen LogP contribution in [-0.4, -0.2) is 56.3 Å². The topological polar surface area (TPSA) is 60.4 Å². The zero-order valence-corrected chi connectivity index (χ0v) is 7.10. The molecule has 0 amide bonds. The van der Waals surface area contributed by atoms with E-state index in [9.17, 15) is 13.2 Å². The fourth-order valence-electron chi connectivity index (χ4n) is 0.336. The van der Waals surface area contributed by atoms with Crippen LogP contribution in [0.4, 0.5) is 0 Å². The minimum atomic E-state index is -2.46. The summed E-state index contributed by atoms with van der Waals surface area (Å²) in [7, 11) is -2.46. The molecule has 0 heterocycles. The second-order valence-corrected chi connectivity index (χ2v) is 3.09. The second-order valence-electron chi connectivity index (χ2n) is 1.97. The van der Waals surface area contributed by atoms with E-state index < -0.39 is 16.7 Å². The summed E-state index contributed by atoms with van der Waals surface area (Å²) in [5.41, 5.74) is 0.270. The van der Waals surface area contributed by atoms with E-state index in [0.29, 0.717) is 0 Å². The maximum atomic E-state index is 10.6. The van der Waals surface area contributed by atoms with Crippen LogP contribution in [0.25, 0.3) is 0 Å². The average Bonchev–Trinajstić information content (AvgIpc) is 1.86. The van der Waals surface area contributed by atoms with Crippen molar-refractivity contribution in [2.75, 3.05) is 12.4 Å². The summed E-state index contributed by atoms with van der Waals surface area (Å²) in [5, 5.41) is 0. The summed E-state index contributed by atoms with van der Waals surface area (Å²) in [6, 6.07) is 0. The molecule has 0 N–H and O–H groups in total. The molecule has 0 atom stereocenters. The van der Waals surface area contributed by atoms with Gasteiger partial charge in [-0.05, 0) is 6.92 Å². The van der Waals surface area contributed by atoms with E-state index in [1.54, 1.807) is 0 Å². The van der Waals surface area contributed by atoms with Crippen molar-refractivity contribution in [3.63, 3.8) is 0 Å². The number of hydrogen-bond acceptors (Lipinski definition) is 4. The first-order valence-corrected chi connectivity index (χ1v) is 4.34. The Kier molecular flexibility index (Phi) is 9.53. The summed E-state index contributed by atoms with van der Waals surface area (Å²) in [6.07, 6.45) is 0. The Labute approximate surface area is 95.2 Å². The first kappa shape index (κ1) is 14.7. The third-order valence-electron chi connectivity index (χ3n) is 0.855. The van der Waals surface area contributed by atoms with Crippen molar-refractivity contribution in [2.45, 2.75) is 6.92 Å². The fourth-order valence-corrected chi connectivity index (χ4v) is 0.576. The molecule has 0 radical (unpaired) electrons. The summed E-state index contributed by atoms with van der Waals surface area (Å²) < 4.78 is 24.4. The van der Waals surface area contributed by atoms with Crippen LogP contribution in [0.5, 0.6) is 0 Å². The van der Waals surface area contributed by atoms with Gasteiger partial charge in [0.25, 0.3) is 0 Å². The Morgan fingerprint density at radius 1 is 1.50 bits per heavy atom. The zero-order valence-electron chi connectivity index (χ0n) is 6.20. The van der Waals surface area contributed by atoms with E-state index in [2.05, 4.69) is 11.3 Å². The standard InChI is InChI=1S/C6H10O4S.Na.H/c1-5(2)6(7)10-3-4-11(8)9;;/h11H,1,3-4H2,2H3;;. The number of rotatable bonds is 4. The van der Waals surface area contributed by atoms with Crippen molar-refractivity contribution in [3.05, 3.63) is 12.2 Å². The number of carbonyl (C=O) groups is 1. The Balaban J connectivity index is 0. The number of esters is 1. The molecular weight excluding hydrogens is 191 g/mol. The fraction of sp³-hybridized carbons (Fsp3) is 0.500. The van der Waals surface area contributed by atoms with Crippen LogP contribution in [0.2, 0.25) is 0 Å². The summed E-state index contributed by atoms with van der Waals surface area (Å²) >= 11 is 0. The minimum absolute atomic E-state index is 0. The van der Waals surface area contributed by atoms with Crippen LogP contribution in [0.15, 0.2) is 12.2 Å². The first-order valence-electron chi connectivity index (χ1n) is 2.98. The number of hydrogen-bond donors (Lipinski definition) is 1. The van der Waals surface area contributed by atoms with E-state index >= 15 is 0 Å². The number of carbonyl (C=O) groups excluding carboxylic acids is 1. The van der Waals surface area contributed by atoms with Gasteiger partial charge in [0.05, 0.1) is 5.75 Å². The van der Waals surface area contributed by atoms with Gasteiger partial charge in [0.1, 0.15) is 17.3 Å². The molecule has 0 aromatic rings. The molecule has 0 aromatic heterocycles. The molecule has 66 valence electrons. The molecule has 0 aliphatic heterocycles. The molecular formula is C6H11NaO4S. The molecule has 0 spiro atoms. The van der Waals surface area contributed by atoms with Gasteiger partial charge in [-0.25, -0.2) is 13.2 Å². The van der Waals surface area contributed by atoms with Crippen molar-refractivity contribution >= 4 is 46.2 Å². The molecule has 12 heavy (non-hydrogen) atoms. The van der Waals surface area contributed by atoms with Crippen LogP contribution in [-0.2, 0) is 20.2 Å². The van der Waals surface area contributed by atoms with Gasteiger partial charge in [0.15, 0.2) is 0 Å². The predicted molar refractivity (Wildman–Crippen MR) is 48.1 cm³/mol. The Hall–Kier alpha value is 0.160.